The van der Waals surface area contributed by atoms with Crippen LogP contribution in [0.4, 0.5) is 17.1 Å². The monoisotopic (exact) mass is 766 g/mol. The number of para-hydroxylation sites is 5. The summed E-state index contributed by atoms with van der Waals surface area (Å²) in [5.74, 6) is 0. The van der Waals surface area contributed by atoms with Crippen LogP contribution in [-0.2, 0) is 0 Å². The van der Waals surface area contributed by atoms with Gasteiger partial charge in [0.05, 0.1) is 5.52 Å². The zero-order chi connectivity index (χ0) is 38.7. The van der Waals surface area contributed by atoms with E-state index >= 15 is 0 Å². The first-order valence-corrected chi connectivity index (χ1v) is 22.2. The summed E-state index contributed by atoms with van der Waals surface area (Å²) in [7, 11) is -1.99. The molecule has 0 radical (unpaired) electrons. The van der Waals surface area contributed by atoms with Gasteiger partial charge in [0.25, 0.3) is 0 Å². The van der Waals surface area contributed by atoms with E-state index in [1.54, 1.807) is 0 Å². The van der Waals surface area contributed by atoms with Crippen molar-refractivity contribution in [3.8, 4) is 5.69 Å². The van der Waals surface area contributed by atoms with Crippen molar-refractivity contribution in [2.75, 3.05) is 4.90 Å². The van der Waals surface area contributed by atoms with Gasteiger partial charge in [-0.15, -0.1) is 10.0 Å². The van der Waals surface area contributed by atoms with Gasteiger partial charge in [0, 0.05) is 39.0 Å². The molecule has 1 spiro atoms. The van der Waals surface area contributed by atoms with E-state index in [1.807, 2.05) is 0 Å². The average molecular weight is 767 g/mol. The zero-order valence-corrected chi connectivity index (χ0v) is 33.1. The predicted octanol–water partition coefficient (Wildman–Crippen LogP) is 9.57. The number of hydrogen-bond acceptors (Lipinski definition) is 1. The summed E-state index contributed by atoms with van der Waals surface area (Å²) in [4.78, 5) is 8.29. The number of aromatic nitrogens is 1. The normalized spacial score (nSPS) is 14.7. The Labute approximate surface area is 346 Å². The van der Waals surface area contributed by atoms with Crippen LogP contribution in [0.15, 0.2) is 238 Å². The van der Waals surface area contributed by atoms with Gasteiger partial charge in [0.15, 0.2) is 0 Å². The molecule has 3 aliphatic heterocycles. The van der Waals surface area contributed by atoms with Crippen molar-refractivity contribution in [1.82, 2.24) is 4.57 Å². The number of rotatable bonds is 3. The molecule has 5 heteroatoms. The number of benzene rings is 9. The van der Waals surface area contributed by atoms with Crippen LogP contribution in [0.2, 0.25) is 0 Å². The topological polar surface area (TPSA) is 8.17 Å². The Bertz CT molecular complexity index is 3270. The van der Waals surface area contributed by atoms with E-state index < -0.39 is 10.0 Å². The quantitative estimate of drug-likeness (QED) is 0.163. The van der Waals surface area contributed by atoms with E-state index in [-0.39, 0.29) is 13.4 Å². The molecule has 0 amide bonds. The Morgan fingerprint density at radius 2 is 0.797 bits per heavy atom. The van der Waals surface area contributed by atoms with Crippen LogP contribution < -0.4 is 37.7 Å². The number of fused-ring (bicyclic) bond motifs is 13. The Kier molecular flexibility index (Phi) is 7.02. The second-order valence-electron chi connectivity index (χ2n) is 15.9. The molecule has 274 valence electrons. The lowest BCUT2D eigenvalue weighted by Crippen LogP contribution is -2.63. The Balaban J connectivity index is 1.15. The summed E-state index contributed by atoms with van der Waals surface area (Å²) < 4.78 is 2.51. The number of anilines is 3. The molecule has 0 atom stereocenters. The van der Waals surface area contributed by atoms with Crippen LogP contribution in [0, 0.1) is 0 Å². The third-order valence-corrected chi connectivity index (χ3v) is 17.2. The third kappa shape index (κ3) is 4.35. The van der Waals surface area contributed by atoms with Crippen molar-refractivity contribution in [2.24, 2.45) is 0 Å². The summed E-state index contributed by atoms with van der Waals surface area (Å²) in [6.07, 6.45) is 0. The highest BCUT2D eigenvalue weighted by molar-refractivity contribution is 8.34. The molecule has 1 aromatic heterocycles. The second-order valence-corrected chi connectivity index (χ2v) is 18.9. The van der Waals surface area contributed by atoms with Crippen molar-refractivity contribution in [1.29, 1.82) is 0 Å². The van der Waals surface area contributed by atoms with Gasteiger partial charge in [-0.2, -0.15) is 0 Å². The van der Waals surface area contributed by atoms with E-state index in [2.05, 4.69) is 228 Å². The number of nitrogens with zero attached hydrogens (tertiary/aromatic N) is 2. The molecule has 13 rings (SSSR count). The smallest absolute Gasteiger partial charge is 0.249 e. The average Bonchev–Trinajstić information content (AvgIpc) is 3.65. The summed E-state index contributed by atoms with van der Waals surface area (Å²) in [5, 5.41) is 2.56. The maximum Gasteiger partial charge on any atom is 0.249 e. The fraction of sp³-hybridized carbons (Fsp3) is 0. The van der Waals surface area contributed by atoms with Crippen molar-refractivity contribution in [3.05, 3.63) is 218 Å². The first-order valence-electron chi connectivity index (χ1n) is 20.6. The Morgan fingerprint density at radius 3 is 1.49 bits per heavy atom. The molecular weight excluding hydrogens is 730 g/mol. The van der Waals surface area contributed by atoms with Gasteiger partial charge in [-0.3, -0.25) is 0 Å². The van der Waals surface area contributed by atoms with Crippen LogP contribution in [0.1, 0.15) is 0 Å². The highest BCUT2D eigenvalue weighted by Gasteiger charge is 2.52. The van der Waals surface area contributed by atoms with Crippen molar-refractivity contribution in [2.45, 2.75) is 19.6 Å². The van der Waals surface area contributed by atoms with Crippen LogP contribution in [0.5, 0.6) is 0 Å². The molecule has 3 aliphatic rings. The van der Waals surface area contributed by atoms with Crippen molar-refractivity contribution in [3.63, 3.8) is 0 Å². The van der Waals surface area contributed by atoms with Gasteiger partial charge in [-0.05, 0) is 103 Å². The van der Waals surface area contributed by atoms with Crippen LogP contribution in [0.25, 0.3) is 27.5 Å². The minimum Gasteiger partial charge on any atom is -0.311 e. The molecule has 0 unspecified atom stereocenters. The molecule has 0 bridgehead atoms. The fourth-order valence-electron chi connectivity index (χ4n) is 11.0. The first kappa shape index (κ1) is 33.1. The lowest BCUT2D eigenvalue weighted by Gasteiger charge is -2.54. The molecular formula is C54H36B2N2S. The maximum absolute atomic E-state index is 2.51. The first-order chi connectivity index (χ1) is 29.3. The molecule has 10 aromatic rings. The molecule has 0 aliphatic carbocycles. The van der Waals surface area contributed by atoms with Gasteiger partial charge < -0.3 is 9.47 Å². The Morgan fingerprint density at radius 1 is 0.322 bits per heavy atom. The molecule has 59 heavy (non-hydrogen) atoms. The SMILES string of the molecule is c1ccc(N2c3ccccc3B3c4ccccc4S4(c5ccccc5B(c5cccc6c7ccccc7n(-c7ccccc7)c56)c5ccccc54)c4cccc2c43)cc1. The standard InChI is InChI=1S/C54H36B2N2S/c1-3-19-37(20-4-1)57-47-31-13-8-25-41(47)56-44-28-11-16-35-51(44)59(52-36-18-32-48(57)53(52)56)49-33-14-9-26-42(49)55(43-27-10-15-34-50(43)59)45-29-17-24-40-39-23-7-12-30-46(39)58(54(40)45)38-21-5-2-6-22-38/h1-36H. The number of hydrogen-bond donors (Lipinski definition) is 0. The van der Waals surface area contributed by atoms with Gasteiger partial charge in [0.2, 0.25) is 13.4 Å². The molecule has 0 N–H and O–H groups in total. The van der Waals surface area contributed by atoms with Crippen molar-refractivity contribution >= 4 is 95.1 Å². The van der Waals surface area contributed by atoms with Gasteiger partial charge in [-0.25, -0.2) is 0 Å². The van der Waals surface area contributed by atoms with E-state index in [4.69, 9.17) is 0 Å². The van der Waals surface area contributed by atoms with Gasteiger partial charge >= 0.3 is 0 Å². The zero-order valence-electron chi connectivity index (χ0n) is 32.2. The lowest BCUT2D eigenvalue weighted by atomic mass is 9.35. The summed E-state index contributed by atoms with van der Waals surface area (Å²) in [6, 6.07) is 82.4. The summed E-state index contributed by atoms with van der Waals surface area (Å²) in [5.41, 5.74) is 15.7. The summed E-state index contributed by atoms with van der Waals surface area (Å²) in [6.45, 7) is 0.126. The third-order valence-electron chi connectivity index (χ3n) is 13.1. The molecule has 0 fully saturated rings. The molecule has 2 nitrogen and oxygen atoms in total. The van der Waals surface area contributed by atoms with E-state index in [9.17, 15) is 0 Å². The van der Waals surface area contributed by atoms with Crippen LogP contribution in [-0.4, -0.2) is 18.0 Å². The largest absolute Gasteiger partial charge is 0.311 e. The molecule has 9 aromatic carbocycles. The van der Waals surface area contributed by atoms with Gasteiger partial charge in [-0.1, -0.05) is 168 Å². The highest BCUT2D eigenvalue weighted by atomic mass is 32.3. The highest BCUT2D eigenvalue weighted by Crippen LogP contribution is 2.74. The van der Waals surface area contributed by atoms with Crippen LogP contribution >= 0.6 is 10.0 Å². The predicted molar refractivity (Wildman–Crippen MR) is 251 cm³/mol. The van der Waals surface area contributed by atoms with E-state index in [0.717, 1.165) is 0 Å². The van der Waals surface area contributed by atoms with Gasteiger partial charge in [0.1, 0.15) is 0 Å². The van der Waals surface area contributed by atoms with E-state index in [1.165, 1.54) is 96.9 Å². The molecule has 0 saturated heterocycles. The molecule has 0 saturated carbocycles. The lowest BCUT2D eigenvalue weighted by molar-refractivity contribution is 1.18. The van der Waals surface area contributed by atoms with Crippen LogP contribution in [0.3, 0.4) is 0 Å². The summed E-state index contributed by atoms with van der Waals surface area (Å²) >= 11 is 0. The second kappa shape index (κ2) is 12.5. The minimum absolute atomic E-state index is 0.0157. The Hall–Kier alpha value is -6.94. The van der Waals surface area contributed by atoms with E-state index in [0.29, 0.717) is 0 Å². The maximum atomic E-state index is 2.51. The minimum atomic E-state index is -1.99. The van der Waals surface area contributed by atoms with Crippen molar-refractivity contribution < 1.29 is 0 Å². The molecule has 4 heterocycles. The fourth-order valence-corrected chi connectivity index (χ4v) is 15.7.